The normalized spacial score (nSPS) is 13.5. The summed E-state index contributed by atoms with van der Waals surface area (Å²) < 4.78 is 68.1. The molecule has 320 valence electrons. The number of benzene rings is 1. The number of quaternary nitrogens is 1. The van der Waals surface area contributed by atoms with Crippen LogP contribution >= 0.6 is 0 Å². The molecule has 0 fully saturated rings. The van der Waals surface area contributed by atoms with E-state index in [1.54, 1.807) is 53.7 Å². The molecule has 0 amide bonds. The summed E-state index contributed by atoms with van der Waals surface area (Å²) in [5.74, 6) is -8.56. The van der Waals surface area contributed by atoms with Gasteiger partial charge < -0.3 is 0 Å². The third-order valence-corrected chi connectivity index (χ3v) is 19.1. The number of rotatable bonds is 34. The number of nitrogens with one attached hydrogen (secondary N) is 1. The van der Waals surface area contributed by atoms with Crippen molar-refractivity contribution in [2.45, 2.75) is 237 Å². The molecule has 1 nitrogen and oxygen atoms in total. The van der Waals surface area contributed by atoms with E-state index >= 15 is 0 Å². The largest absolute Gasteiger partial charge is 0.297 e. The Hall–Kier alpha value is -0.638. The van der Waals surface area contributed by atoms with Crippen LogP contribution in [0.4, 0.5) is 27.6 Å². The quantitative estimate of drug-likeness (QED) is 0.0233. The molecule has 0 saturated heterocycles. The minimum absolute atomic E-state index is 0.121. The van der Waals surface area contributed by atoms with Gasteiger partial charge in [0.05, 0.1) is 13.1 Å². The number of hydrogen-bond donors (Lipinski definition) is 1. The summed E-state index contributed by atoms with van der Waals surface area (Å²) in [4.78, 5) is 0.281. The molecule has 0 aliphatic heterocycles. The van der Waals surface area contributed by atoms with Gasteiger partial charge in [-0.05, 0) is 25.7 Å². The van der Waals surface area contributed by atoms with Crippen molar-refractivity contribution in [2.24, 2.45) is 11.8 Å². The zero-order valence-corrected chi connectivity index (χ0v) is 38.2. The average Bonchev–Trinajstić information content (AvgIpc) is 3.17. The van der Waals surface area contributed by atoms with Gasteiger partial charge >= 0.3 is 0 Å². The molecule has 0 aliphatic rings. The van der Waals surface area contributed by atoms with Gasteiger partial charge in [0.25, 0.3) is 0 Å². The van der Waals surface area contributed by atoms with E-state index in [0.29, 0.717) is 12.5 Å². The second kappa shape index (κ2) is 34.4. The Morgan fingerprint density at radius 3 is 1.09 bits per heavy atom. The van der Waals surface area contributed by atoms with E-state index in [1.807, 2.05) is 6.92 Å². The van der Waals surface area contributed by atoms with Crippen LogP contribution < -0.4 is 4.90 Å². The van der Waals surface area contributed by atoms with Gasteiger partial charge in [0.1, 0.15) is 13.1 Å². The molecule has 0 heterocycles. The highest BCUT2D eigenvalue weighted by Gasteiger charge is 2.33. The Labute approximate surface area is 335 Å². The molecule has 1 aromatic rings. The fourth-order valence-electron chi connectivity index (χ4n) is 8.93. The molecule has 0 radical (unpaired) electrons. The third-order valence-electron chi connectivity index (χ3n) is 12.6. The van der Waals surface area contributed by atoms with Crippen molar-refractivity contribution in [1.29, 1.82) is 0 Å². The standard InChI is InChI=1S/C19H28F5N.4C7H15.Al/c1-5-8-13(6-2)10-9-12(4)11-25(7-3)19-17(23)15(21)14(20)16(22)18(19)24;4*1-3-5-7-6-4-2;/h12-13H,5-11H2,1-4H3;4*1,3-7H2,2H3;/q;;;;;-1/p+1. The molecule has 1 N–H and O–H groups in total. The van der Waals surface area contributed by atoms with Crippen molar-refractivity contribution in [3.63, 3.8) is 0 Å². The molecule has 3 atom stereocenters. The lowest BCUT2D eigenvalue weighted by Gasteiger charge is -2.37. The highest BCUT2D eigenvalue weighted by Crippen LogP contribution is 2.35. The summed E-state index contributed by atoms with van der Waals surface area (Å²) in [6.45, 7) is 17.9. The minimum atomic E-state index is -2.10. The third kappa shape index (κ3) is 22.9. The van der Waals surface area contributed by atoms with E-state index in [1.165, 1.54) is 103 Å². The Balaban J connectivity index is 0.00000105. The number of halogens is 5. The molecule has 0 bridgehead atoms. The zero-order valence-electron chi connectivity index (χ0n) is 37.0. The van der Waals surface area contributed by atoms with E-state index in [4.69, 9.17) is 0 Å². The minimum Gasteiger partial charge on any atom is -0.297 e. The summed E-state index contributed by atoms with van der Waals surface area (Å²) in [5.41, 5.74) is -0.744. The van der Waals surface area contributed by atoms with Gasteiger partial charge in [-0.2, -0.15) is 29.9 Å². The average molecular weight is 790 g/mol. The monoisotopic (exact) mass is 790 g/mol. The van der Waals surface area contributed by atoms with Gasteiger partial charge in [-0.25, -0.2) is 13.2 Å². The molecule has 1 rings (SSSR count). The first-order valence-corrected chi connectivity index (χ1v) is 26.9. The van der Waals surface area contributed by atoms with E-state index < -0.39 is 47.9 Å². The maximum atomic E-state index is 14.0. The van der Waals surface area contributed by atoms with Crippen molar-refractivity contribution in [3.05, 3.63) is 29.1 Å². The smallest absolute Gasteiger partial charge is 0.225 e. The first-order valence-electron chi connectivity index (χ1n) is 23.6. The van der Waals surface area contributed by atoms with Crippen LogP contribution in [0.25, 0.3) is 0 Å². The molecule has 3 unspecified atom stereocenters. The molecule has 1 aromatic carbocycles. The molecule has 0 aliphatic carbocycles. The van der Waals surface area contributed by atoms with E-state index in [0.717, 1.165) is 32.1 Å². The van der Waals surface area contributed by atoms with Crippen LogP contribution in [0.5, 0.6) is 0 Å². The van der Waals surface area contributed by atoms with Crippen LogP contribution in [-0.2, 0) is 0 Å². The summed E-state index contributed by atoms with van der Waals surface area (Å²) in [7, 11) is 0. The summed E-state index contributed by atoms with van der Waals surface area (Å²) >= 11 is -1.38. The van der Waals surface area contributed by atoms with Crippen molar-refractivity contribution in [1.82, 2.24) is 0 Å². The Morgan fingerprint density at radius 1 is 0.426 bits per heavy atom. The van der Waals surface area contributed by atoms with Crippen LogP contribution in [0.3, 0.4) is 0 Å². The lowest BCUT2D eigenvalue weighted by Crippen LogP contribution is -3.08. The van der Waals surface area contributed by atoms with Gasteiger partial charge in [-0.15, -0.1) is 0 Å². The Bertz CT molecular complexity index is 930. The van der Waals surface area contributed by atoms with Crippen molar-refractivity contribution < 1.29 is 26.9 Å². The SMILES string of the molecule is CCCC(CC)CCC(C)C[NH+](CC)c1c(F)c(F)c(F)c(F)c1F.CCCCCC[CH2][Al-]([CH2]CCCCCC)([CH2]CCCCCC)[CH2]CCCCCC. The fourth-order valence-corrected chi connectivity index (χ4v) is 15.3. The molecular weight excluding hydrogens is 700 g/mol. The second-order valence-electron chi connectivity index (χ2n) is 17.4. The van der Waals surface area contributed by atoms with Gasteiger partial charge in [0, 0.05) is 5.92 Å². The van der Waals surface area contributed by atoms with Crippen molar-refractivity contribution in [2.75, 3.05) is 13.1 Å². The molecular formula is C47H89AlF5N. The molecule has 0 saturated carbocycles. The van der Waals surface area contributed by atoms with Crippen LogP contribution in [0.15, 0.2) is 0 Å². The van der Waals surface area contributed by atoms with E-state index in [-0.39, 0.29) is 17.4 Å². The molecule has 0 aromatic heterocycles. The highest BCUT2D eigenvalue weighted by atomic mass is 27.2. The molecule has 0 spiro atoms. The van der Waals surface area contributed by atoms with Crippen molar-refractivity contribution in [3.8, 4) is 0 Å². The van der Waals surface area contributed by atoms with Crippen LogP contribution in [0.1, 0.15) is 216 Å². The van der Waals surface area contributed by atoms with Crippen molar-refractivity contribution >= 4 is 18.8 Å². The Kier molecular flexibility index (Phi) is 34.0. The maximum absolute atomic E-state index is 14.0. The topological polar surface area (TPSA) is 4.44 Å². The van der Waals surface area contributed by atoms with Crippen LogP contribution in [0, 0.1) is 40.9 Å². The van der Waals surface area contributed by atoms with E-state index in [2.05, 4.69) is 41.5 Å². The fraction of sp³-hybridized carbons (Fsp3) is 0.872. The zero-order chi connectivity index (χ0) is 40.6. The van der Waals surface area contributed by atoms with Gasteiger partial charge in [-0.1, -0.05) is 196 Å². The Morgan fingerprint density at radius 2 is 0.778 bits per heavy atom. The van der Waals surface area contributed by atoms with Crippen LogP contribution in [0.2, 0.25) is 21.1 Å². The van der Waals surface area contributed by atoms with Gasteiger partial charge in [-0.3, -0.25) is 4.90 Å². The van der Waals surface area contributed by atoms with E-state index in [9.17, 15) is 22.0 Å². The molecule has 7 heteroatoms. The predicted molar refractivity (Wildman–Crippen MR) is 229 cm³/mol. The molecule has 54 heavy (non-hydrogen) atoms. The summed E-state index contributed by atoms with van der Waals surface area (Å²) in [6, 6.07) is 0. The maximum Gasteiger partial charge on any atom is 0.225 e. The second-order valence-corrected chi connectivity index (χ2v) is 23.2. The van der Waals surface area contributed by atoms with Gasteiger partial charge in [0.2, 0.25) is 34.8 Å². The summed E-state index contributed by atoms with van der Waals surface area (Å²) in [6.07, 6.45) is 35.0. The highest BCUT2D eigenvalue weighted by molar-refractivity contribution is 6.79. The predicted octanol–water partition coefficient (Wildman–Crippen LogP) is 16.5. The number of hydrogen-bond acceptors (Lipinski definition) is 0. The first kappa shape index (κ1) is 53.4. The first-order chi connectivity index (χ1) is 26.0. The lowest BCUT2D eigenvalue weighted by atomic mass is 9.91. The van der Waals surface area contributed by atoms with Gasteiger partial charge in [0.15, 0.2) is 0 Å². The lowest BCUT2D eigenvalue weighted by molar-refractivity contribution is -0.837. The summed E-state index contributed by atoms with van der Waals surface area (Å²) in [5, 5.41) is 6.80. The van der Waals surface area contributed by atoms with Crippen LogP contribution in [-0.4, -0.2) is 26.2 Å². The number of unbranched alkanes of at least 4 members (excludes halogenated alkanes) is 16.